The van der Waals surface area contributed by atoms with Crippen LogP contribution in [-0.4, -0.2) is 28.4 Å². The second-order valence-electron chi connectivity index (χ2n) is 10.1. The molecule has 1 spiro atoms. The van der Waals surface area contributed by atoms with Gasteiger partial charge in [-0.3, -0.25) is 9.59 Å². The molecular weight excluding hydrogens is 476 g/mol. The second kappa shape index (κ2) is 9.03. The molecule has 0 saturated heterocycles. The molecule has 1 atom stereocenters. The Morgan fingerprint density at radius 3 is 2.82 bits per heavy atom. The molecule has 190 valence electrons. The smallest absolute Gasteiger partial charge is 0.258 e. The van der Waals surface area contributed by atoms with E-state index < -0.39 is 5.41 Å². The highest BCUT2D eigenvalue weighted by atomic mass is 16.3. The molecule has 1 aliphatic carbocycles. The number of pyridine rings is 1. The lowest BCUT2D eigenvalue weighted by atomic mass is 9.78. The summed E-state index contributed by atoms with van der Waals surface area (Å²) in [5.41, 5.74) is 6.75. The number of allylic oxidation sites excluding steroid dienone is 4. The standard InChI is InChI=1S/C31H28N4O3/c1-3-4-5-26-19(2)33-30(38)31(26)17-22-6-7-24(14-23(22)18-31)34-28-16-21(10-12-32-28)29(37)35-13-11-20-15-25(36)8-9-27(20)35/h3-10,12,14-16,36H,1,11,13,17-18H2,2H3,(H,32,34)(H,33,38)/b5-4-. The Labute approximate surface area is 221 Å². The minimum absolute atomic E-state index is 0.0380. The van der Waals surface area contributed by atoms with Crippen LogP contribution in [0.15, 0.2) is 90.8 Å². The first-order valence-corrected chi connectivity index (χ1v) is 12.7. The van der Waals surface area contributed by atoms with Gasteiger partial charge in [-0.05, 0) is 90.9 Å². The number of nitrogens with zero attached hydrogens (tertiary/aromatic N) is 2. The molecule has 38 heavy (non-hydrogen) atoms. The van der Waals surface area contributed by atoms with Gasteiger partial charge in [0.15, 0.2) is 0 Å². The third-order valence-electron chi connectivity index (χ3n) is 7.73. The molecule has 6 rings (SSSR count). The topological polar surface area (TPSA) is 94.6 Å². The Bertz CT molecular complexity index is 1570. The number of aromatic hydroxyl groups is 1. The average Bonchev–Trinajstić information content (AvgIpc) is 3.56. The molecule has 0 radical (unpaired) electrons. The quantitative estimate of drug-likeness (QED) is 0.427. The minimum atomic E-state index is -0.599. The number of phenols is 1. The number of fused-ring (bicyclic) bond motifs is 2. The van der Waals surface area contributed by atoms with E-state index in [4.69, 9.17) is 0 Å². The van der Waals surface area contributed by atoms with E-state index in [1.165, 1.54) is 0 Å². The average molecular weight is 505 g/mol. The van der Waals surface area contributed by atoms with Gasteiger partial charge in [0.1, 0.15) is 11.6 Å². The summed E-state index contributed by atoms with van der Waals surface area (Å²) in [5, 5.41) is 16.1. The lowest BCUT2D eigenvalue weighted by Crippen LogP contribution is -2.34. The maximum atomic E-state index is 13.3. The molecule has 2 amide bonds. The summed E-state index contributed by atoms with van der Waals surface area (Å²) in [5.74, 6) is 0.705. The number of aromatic nitrogens is 1. The van der Waals surface area contributed by atoms with Crippen molar-refractivity contribution in [1.29, 1.82) is 0 Å². The molecule has 2 aromatic carbocycles. The molecule has 0 fully saturated rings. The summed E-state index contributed by atoms with van der Waals surface area (Å²) in [4.78, 5) is 32.5. The van der Waals surface area contributed by atoms with E-state index in [0.29, 0.717) is 37.2 Å². The van der Waals surface area contributed by atoms with Crippen molar-refractivity contribution in [3.05, 3.63) is 113 Å². The fourth-order valence-corrected chi connectivity index (χ4v) is 5.93. The summed E-state index contributed by atoms with van der Waals surface area (Å²) in [7, 11) is 0. The Hall–Kier alpha value is -4.65. The molecule has 0 saturated carbocycles. The molecule has 3 aliphatic rings. The van der Waals surface area contributed by atoms with Crippen LogP contribution in [0.3, 0.4) is 0 Å². The van der Waals surface area contributed by atoms with Crippen LogP contribution < -0.4 is 15.5 Å². The first-order valence-electron chi connectivity index (χ1n) is 12.7. The van der Waals surface area contributed by atoms with Crippen LogP contribution in [-0.2, 0) is 24.1 Å². The molecule has 7 heteroatoms. The summed E-state index contributed by atoms with van der Waals surface area (Å²) in [6, 6.07) is 14.7. The van der Waals surface area contributed by atoms with Gasteiger partial charge in [0, 0.05) is 35.4 Å². The van der Waals surface area contributed by atoms with Gasteiger partial charge in [0.05, 0.1) is 5.41 Å². The molecule has 3 heterocycles. The van der Waals surface area contributed by atoms with Crippen LogP contribution in [0.1, 0.15) is 34.0 Å². The number of hydrogen-bond acceptors (Lipinski definition) is 5. The molecule has 2 aliphatic heterocycles. The summed E-state index contributed by atoms with van der Waals surface area (Å²) >= 11 is 0. The van der Waals surface area contributed by atoms with E-state index in [9.17, 15) is 14.7 Å². The van der Waals surface area contributed by atoms with Gasteiger partial charge in [0.2, 0.25) is 5.91 Å². The molecule has 3 aromatic rings. The number of hydrogen-bond donors (Lipinski definition) is 3. The number of anilines is 3. The van der Waals surface area contributed by atoms with E-state index >= 15 is 0 Å². The lowest BCUT2D eigenvalue weighted by molar-refractivity contribution is -0.126. The highest BCUT2D eigenvalue weighted by Gasteiger charge is 2.50. The van der Waals surface area contributed by atoms with Crippen molar-refractivity contribution in [3.8, 4) is 5.75 Å². The normalized spacial score (nSPS) is 19.7. The van der Waals surface area contributed by atoms with Crippen LogP contribution in [0.4, 0.5) is 17.2 Å². The maximum absolute atomic E-state index is 13.3. The van der Waals surface area contributed by atoms with Crippen LogP contribution in [0.5, 0.6) is 5.75 Å². The van der Waals surface area contributed by atoms with Crippen molar-refractivity contribution in [3.63, 3.8) is 0 Å². The monoisotopic (exact) mass is 504 g/mol. The second-order valence-corrected chi connectivity index (χ2v) is 10.1. The first kappa shape index (κ1) is 23.7. The Kier molecular flexibility index (Phi) is 5.64. The van der Waals surface area contributed by atoms with Gasteiger partial charge in [-0.15, -0.1) is 0 Å². The van der Waals surface area contributed by atoms with Gasteiger partial charge < -0.3 is 20.6 Å². The largest absolute Gasteiger partial charge is 0.508 e. The van der Waals surface area contributed by atoms with E-state index in [-0.39, 0.29) is 17.6 Å². The van der Waals surface area contributed by atoms with Crippen molar-refractivity contribution in [2.24, 2.45) is 5.41 Å². The first-order chi connectivity index (χ1) is 18.4. The van der Waals surface area contributed by atoms with Gasteiger partial charge in [-0.2, -0.15) is 0 Å². The van der Waals surface area contributed by atoms with Crippen molar-refractivity contribution >= 4 is 29.0 Å². The third kappa shape index (κ3) is 3.87. The van der Waals surface area contributed by atoms with Gasteiger partial charge in [0.25, 0.3) is 5.91 Å². The fourth-order valence-electron chi connectivity index (χ4n) is 5.93. The van der Waals surface area contributed by atoms with Crippen LogP contribution in [0.25, 0.3) is 0 Å². The zero-order valence-corrected chi connectivity index (χ0v) is 21.1. The van der Waals surface area contributed by atoms with Gasteiger partial charge >= 0.3 is 0 Å². The van der Waals surface area contributed by atoms with Gasteiger partial charge in [-0.25, -0.2) is 4.98 Å². The lowest BCUT2D eigenvalue weighted by Gasteiger charge is -2.22. The van der Waals surface area contributed by atoms with Crippen molar-refractivity contribution < 1.29 is 14.7 Å². The molecule has 0 bridgehead atoms. The predicted molar refractivity (Wildman–Crippen MR) is 147 cm³/mol. The maximum Gasteiger partial charge on any atom is 0.258 e. The number of nitrogens with one attached hydrogen (secondary N) is 2. The molecule has 3 N–H and O–H groups in total. The summed E-state index contributed by atoms with van der Waals surface area (Å²) < 4.78 is 0. The van der Waals surface area contributed by atoms with Crippen LogP contribution >= 0.6 is 0 Å². The Balaban J connectivity index is 1.22. The SMILES string of the molecule is C=C/C=C\C1=C(C)NC(=O)C12Cc1ccc(Nc3cc(C(=O)N4CCc5cc(O)ccc54)ccn3)cc1C2. The van der Waals surface area contributed by atoms with E-state index in [1.807, 2.05) is 25.1 Å². The molecule has 1 unspecified atom stereocenters. The van der Waals surface area contributed by atoms with Crippen molar-refractivity contribution in [2.75, 3.05) is 16.8 Å². The van der Waals surface area contributed by atoms with Crippen LogP contribution in [0.2, 0.25) is 0 Å². The zero-order valence-electron chi connectivity index (χ0n) is 21.1. The van der Waals surface area contributed by atoms with Crippen LogP contribution in [0, 0.1) is 5.41 Å². The summed E-state index contributed by atoms with van der Waals surface area (Å²) in [6.45, 7) is 6.27. The zero-order chi connectivity index (χ0) is 26.4. The fraction of sp³-hybridized carbons (Fsp3) is 0.194. The number of phenolic OH excluding ortho intramolecular Hbond substituents is 1. The molecular formula is C31H28N4O3. The number of carbonyl (C=O) groups excluding carboxylic acids is 2. The number of benzene rings is 2. The van der Waals surface area contributed by atoms with Crippen molar-refractivity contribution in [1.82, 2.24) is 10.3 Å². The highest BCUT2D eigenvalue weighted by Crippen LogP contribution is 2.48. The number of rotatable bonds is 5. The van der Waals surface area contributed by atoms with Crippen molar-refractivity contribution in [2.45, 2.75) is 26.2 Å². The third-order valence-corrected chi connectivity index (χ3v) is 7.73. The molecule has 1 aromatic heterocycles. The minimum Gasteiger partial charge on any atom is -0.508 e. The van der Waals surface area contributed by atoms with E-state index in [1.54, 1.807) is 47.5 Å². The Morgan fingerprint density at radius 2 is 1.97 bits per heavy atom. The van der Waals surface area contributed by atoms with E-state index in [0.717, 1.165) is 39.3 Å². The Morgan fingerprint density at radius 1 is 1.13 bits per heavy atom. The predicted octanol–water partition coefficient (Wildman–Crippen LogP) is 4.96. The molecule has 7 nitrogen and oxygen atoms in total. The number of carbonyl (C=O) groups is 2. The highest BCUT2D eigenvalue weighted by molar-refractivity contribution is 6.07. The summed E-state index contributed by atoms with van der Waals surface area (Å²) in [6.07, 6.45) is 9.19. The van der Waals surface area contributed by atoms with Gasteiger partial charge in [-0.1, -0.05) is 30.9 Å². The van der Waals surface area contributed by atoms with E-state index in [2.05, 4.69) is 34.3 Å². The number of amides is 2.